The van der Waals surface area contributed by atoms with Crippen LogP contribution in [0.15, 0.2) is 27.6 Å². The summed E-state index contributed by atoms with van der Waals surface area (Å²) in [6, 6.07) is 4.92. The third kappa shape index (κ3) is 3.20. The second kappa shape index (κ2) is 5.80. The Labute approximate surface area is 130 Å². The van der Waals surface area contributed by atoms with Gasteiger partial charge in [0.2, 0.25) is 0 Å². The number of hydrogen-bond acceptors (Lipinski definition) is 5. The average Bonchev–Trinajstić information content (AvgIpc) is 2.66. The molecule has 20 heavy (non-hydrogen) atoms. The maximum absolute atomic E-state index is 12.3. The van der Waals surface area contributed by atoms with E-state index in [4.69, 9.17) is 5.73 Å². The van der Waals surface area contributed by atoms with Crippen LogP contribution in [-0.4, -0.2) is 13.4 Å². The largest absolute Gasteiger partial charge is 0.326 e. The average molecular weight is 376 g/mol. The van der Waals surface area contributed by atoms with E-state index in [2.05, 4.69) is 25.6 Å². The Bertz CT molecular complexity index is 722. The lowest BCUT2D eigenvalue weighted by Gasteiger charge is -2.08. The summed E-state index contributed by atoms with van der Waals surface area (Å²) in [4.78, 5) is 5.33. The van der Waals surface area contributed by atoms with Gasteiger partial charge in [0.1, 0.15) is 4.90 Å². The van der Waals surface area contributed by atoms with Gasteiger partial charge in [-0.05, 0) is 47.5 Å². The van der Waals surface area contributed by atoms with Gasteiger partial charge < -0.3 is 5.73 Å². The van der Waals surface area contributed by atoms with Gasteiger partial charge >= 0.3 is 0 Å². The Morgan fingerprint density at radius 1 is 1.40 bits per heavy atom. The highest BCUT2D eigenvalue weighted by Crippen LogP contribution is 2.28. The third-order valence-corrected chi connectivity index (χ3v) is 6.20. The van der Waals surface area contributed by atoms with Crippen molar-refractivity contribution in [3.63, 3.8) is 0 Å². The Morgan fingerprint density at radius 3 is 2.60 bits per heavy atom. The number of thiazole rings is 1. The summed E-state index contributed by atoms with van der Waals surface area (Å²) in [7, 11) is -3.66. The minimum Gasteiger partial charge on any atom is -0.326 e. The Kier molecular flexibility index (Phi) is 4.48. The summed E-state index contributed by atoms with van der Waals surface area (Å²) in [5.74, 6) is 0. The lowest BCUT2D eigenvalue weighted by molar-refractivity contribution is 0.600. The van der Waals surface area contributed by atoms with E-state index in [9.17, 15) is 8.42 Å². The van der Waals surface area contributed by atoms with E-state index in [1.807, 2.05) is 13.8 Å². The van der Waals surface area contributed by atoms with E-state index in [0.717, 1.165) is 16.1 Å². The smallest absolute Gasteiger partial charge is 0.264 e. The van der Waals surface area contributed by atoms with Crippen LogP contribution >= 0.6 is 27.3 Å². The number of halogens is 1. The second-order valence-electron chi connectivity index (χ2n) is 4.24. The van der Waals surface area contributed by atoms with E-state index in [1.165, 1.54) is 17.4 Å². The SMILES string of the molecule is Cc1nc(NS(=O)(=O)c2ccc(CN)cc2Br)sc1C. The summed E-state index contributed by atoms with van der Waals surface area (Å²) in [6.07, 6.45) is 0. The Balaban J connectivity index is 2.35. The highest BCUT2D eigenvalue weighted by molar-refractivity contribution is 9.10. The molecule has 0 atom stereocenters. The molecule has 3 N–H and O–H groups in total. The minimum absolute atomic E-state index is 0.167. The number of rotatable bonds is 4. The quantitative estimate of drug-likeness (QED) is 0.859. The number of nitrogens with two attached hydrogens (primary N) is 1. The van der Waals surface area contributed by atoms with Crippen molar-refractivity contribution in [1.82, 2.24) is 4.98 Å². The minimum atomic E-state index is -3.66. The molecular formula is C12H14BrN3O2S2. The van der Waals surface area contributed by atoms with Gasteiger partial charge in [-0.1, -0.05) is 6.07 Å². The van der Waals surface area contributed by atoms with Crippen molar-refractivity contribution < 1.29 is 8.42 Å². The maximum atomic E-state index is 12.3. The van der Waals surface area contributed by atoms with Crippen molar-refractivity contribution in [2.75, 3.05) is 4.72 Å². The molecule has 0 unspecified atom stereocenters. The zero-order chi connectivity index (χ0) is 14.9. The van der Waals surface area contributed by atoms with Crippen molar-refractivity contribution in [1.29, 1.82) is 0 Å². The molecule has 0 bridgehead atoms. The Hall–Kier alpha value is -0.960. The first-order valence-corrected chi connectivity index (χ1v) is 8.88. The maximum Gasteiger partial charge on any atom is 0.264 e. The fourth-order valence-electron chi connectivity index (χ4n) is 1.58. The fraction of sp³-hybridized carbons (Fsp3) is 0.250. The van der Waals surface area contributed by atoms with E-state index < -0.39 is 10.0 Å². The molecule has 1 aromatic carbocycles. The molecule has 0 aliphatic carbocycles. The van der Waals surface area contributed by atoms with Crippen LogP contribution in [0.3, 0.4) is 0 Å². The van der Waals surface area contributed by atoms with Gasteiger partial charge in [-0.15, -0.1) is 11.3 Å². The molecule has 2 rings (SSSR count). The molecule has 0 amide bonds. The van der Waals surface area contributed by atoms with E-state index >= 15 is 0 Å². The summed E-state index contributed by atoms with van der Waals surface area (Å²) < 4.78 is 27.7. The highest BCUT2D eigenvalue weighted by Gasteiger charge is 2.19. The fourth-order valence-corrected chi connectivity index (χ4v) is 4.75. The van der Waals surface area contributed by atoms with Gasteiger partial charge in [0.05, 0.1) is 5.69 Å². The molecular weight excluding hydrogens is 362 g/mol. The summed E-state index contributed by atoms with van der Waals surface area (Å²) in [5, 5.41) is 0.370. The lowest BCUT2D eigenvalue weighted by Crippen LogP contribution is -2.13. The molecule has 2 aromatic rings. The van der Waals surface area contributed by atoms with Gasteiger partial charge in [-0.25, -0.2) is 13.4 Å². The van der Waals surface area contributed by atoms with Crippen LogP contribution in [0.25, 0.3) is 0 Å². The van der Waals surface area contributed by atoms with Gasteiger partial charge in [0, 0.05) is 15.9 Å². The molecule has 0 saturated heterocycles. The lowest BCUT2D eigenvalue weighted by atomic mass is 10.2. The van der Waals surface area contributed by atoms with Gasteiger partial charge in [-0.2, -0.15) is 0 Å². The topological polar surface area (TPSA) is 85.1 Å². The molecule has 0 fully saturated rings. The molecule has 0 radical (unpaired) electrons. The third-order valence-electron chi connectivity index (χ3n) is 2.77. The normalized spacial score (nSPS) is 11.6. The van der Waals surface area contributed by atoms with Crippen molar-refractivity contribution in [3.05, 3.63) is 38.8 Å². The van der Waals surface area contributed by atoms with E-state index in [0.29, 0.717) is 16.1 Å². The van der Waals surface area contributed by atoms with Crippen LogP contribution in [0.2, 0.25) is 0 Å². The summed E-state index contributed by atoms with van der Waals surface area (Å²) in [5.41, 5.74) is 7.21. The molecule has 0 spiro atoms. The van der Waals surface area contributed by atoms with E-state index in [1.54, 1.807) is 12.1 Å². The van der Waals surface area contributed by atoms with Crippen molar-refractivity contribution in [2.45, 2.75) is 25.3 Å². The predicted octanol–water partition coefficient (Wildman–Crippen LogP) is 2.78. The number of hydrogen-bond donors (Lipinski definition) is 2. The van der Waals surface area contributed by atoms with Crippen molar-refractivity contribution in [3.8, 4) is 0 Å². The molecule has 0 aliphatic heterocycles. The number of aryl methyl sites for hydroxylation is 2. The number of nitrogens with zero attached hydrogens (tertiary/aromatic N) is 1. The second-order valence-corrected chi connectivity index (χ2v) is 7.94. The number of nitrogens with one attached hydrogen (secondary N) is 1. The van der Waals surface area contributed by atoms with Crippen molar-refractivity contribution in [2.24, 2.45) is 5.73 Å². The Morgan fingerprint density at radius 2 is 2.10 bits per heavy atom. The van der Waals surface area contributed by atoms with Crippen LogP contribution in [0.4, 0.5) is 5.13 Å². The summed E-state index contributed by atoms with van der Waals surface area (Å²) >= 11 is 4.58. The van der Waals surface area contributed by atoms with Crippen LogP contribution in [0.1, 0.15) is 16.1 Å². The first-order valence-electron chi connectivity index (χ1n) is 5.79. The molecule has 5 nitrogen and oxygen atoms in total. The van der Waals surface area contributed by atoms with Gasteiger partial charge in [-0.3, -0.25) is 4.72 Å². The number of benzene rings is 1. The van der Waals surface area contributed by atoms with Crippen LogP contribution in [0.5, 0.6) is 0 Å². The highest BCUT2D eigenvalue weighted by atomic mass is 79.9. The van der Waals surface area contributed by atoms with Gasteiger partial charge in [0.15, 0.2) is 5.13 Å². The molecule has 1 heterocycles. The predicted molar refractivity (Wildman–Crippen MR) is 84.4 cm³/mol. The van der Waals surface area contributed by atoms with Gasteiger partial charge in [0.25, 0.3) is 10.0 Å². The molecule has 1 aromatic heterocycles. The van der Waals surface area contributed by atoms with Crippen LogP contribution in [-0.2, 0) is 16.6 Å². The van der Waals surface area contributed by atoms with E-state index in [-0.39, 0.29) is 4.90 Å². The zero-order valence-corrected chi connectivity index (χ0v) is 14.2. The molecule has 108 valence electrons. The molecule has 0 saturated carbocycles. The number of anilines is 1. The monoisotopic (exact) mass is 375 g/mol. The molecule has 0 aliphatic rings. The number of sulfonamides is 1. The summed E-state index contributed by atoms with van der Waals surface area (Å²) in [6.45, 7) is 4.10. The molecule has 8 heteroatoms. The number of aromatic nitrogens is 1. The standard InChI is InChI=1S/C12H14BrN3O2S2/c1-7-8(2)19-12(15-7)16-20(17,18)11-4-3-9(6-14)5-10(11)13/h3-5H,6,14H2,1-2H3,(H,15,16). The first kappa shape index (κ1) is 15.4. The van der Waals surface area contributed by atoms with Crippen molar-refractivity contribution >= 4 is 42.4 Å². The zero-order valence-electron chi connectivity index (χ0n) is 11.0. The first-order chi connectivity index (χ1) is 9.33. The van der Waals surface area contributed by atoms with Crippen LogP contribution in [0, 0.1) is 13.8 Å². The van der Waals surface area contributed by atoms with Crippen LogP contribution < -0.4 is 10.5 Å².